The van der Waals surface area contributed by atoms with Gasteiger partial charge in [0, 0.05) is 19.8 Å². The van der Waals surface area contributed by atoms with E-state index in [0.717, 1.165) is 13.0 Å². The SMILES string of the molecule is CC(C)COCCCN1C(=O)C(C(C)C)NC(=O)C1C. The number of hydrogen-bond donors (Lipinski definition) is 1. The van der Waals surface area contributed by atoms with E-state index in [9.17, 15) is 9.59 Å². The summed E-state index contributed by atoms with van der Waals surface area (Å²) in [6, 6.07) is -0.780. The molecule has 0 bridgehead atoms. The normalized spacial score (nSPS) is 23.6. The van der Waals surface area contributed by atoms with E-state index in [1.165, 1.54) is 0 Å². The number of piperazine rings is 1. The van der Waals surface area contributed by atoms with Crippen molar-refractivity contribution in [3.8, 4) is 0 Å². The highest BCUT2D eigenvalue weighted by Crippen LogP contribution is 2.15. The molecular weight excluding hydrogens is 256 g/mol. The van der Waals surface area contributed by atoms with Crippen molar-refractivity contribution < 1.29 is 14.3 Å². The van der Waals surface area contributed by atoms with Crippen molar-refractivity contribution in [3.05, 3.63) is 0 Å². The van der Waals surface area contributed by atoms with Gasteiger partial charge in [0.15, 0.2) is 0 Å². The molecule has 20 heavy (non-hydrogen) atoms. The summed E-state index contributed by atoms with van der Waals surface area (Å²) in [5.74, 6) is 0.586. The van der Waals surface area contributed by atoms with Crippen molar-refractivity contribution >= 4 is 11.8 Å². The third-order valence-electron chi connectivity index (χ3n) is 3.50. The van der Waals surface area contributed by atoms with Crippen LogP contribution < -0.4 is 5.32 Å². The number of nitrogens with one attached hydrogen (secondary N) is 1. The molecule has 1 fully saturated rings. The van der Waals surface area contributed by atoms with Gasteiger partial charge in [0.1, 0.15) is 12.1 Å². The van der Waals surface area contributed by atoms with Crippen LogP contribution in [0.15, 0.2) is 0 Å². The highest BCUT2D eigenvalue weighted by Gasteiger charge is 2.38. The second kappa shape index (κ2) is 7.62. The summed E-state index contributed by atoms with van der Waals surface area (Å²) in [6.45, 7) is 11.8. The van der Waals surface area contributed by atoms with Crippen LogP contribution in [0.2, 0.25) is 0 Å². The van der Waals surface area contributed by atoms with Gasteiger partial charge in [0.2, 0.25) is 11.8 Å². The van der Waals surface area contributed by atoms with Crippen LogP contribution in [0.3, 0.4) is 0 Å². The average molecular weight is 284 g/mol. The van der Waals surface area contributed by atoms with Gasteiger partial charge in [0.05, 0.1) is 0 Å². The molecule has 1 saturated heterocycles. The van der Waals surface area contributed by atoms with E-state index in [1.807, 2.05) is 13.8 Å². The van der Waals surface area contributed by atoms with Gasteiger partial charge in [-0.1, -0.05) is 27.7 Å². The number of rotatable bonds is 7. The Morgan fingerprint density at radius 3 is 2.45 bits per heavy atom. The number of carbonyl (C=O) groups excluding carboxylic acids is 2. The van der Waals surface area contributed by atoms with E-state index in [-0.39, 0.29) is 23.8 Å². The van der Waals surface area contributed by atoms with Crippen LogP contribution in [-0.2, 0) is 14.3 Å². The molecule has 0 aromatic carbocycles. The van der Waals surface area contributed by atoms with Crippen molar-refractivity contribution in [2.75, 3.05) is 19.8 Å². The second-order valence-electron chi connectivity index (χ2n) is 6.26. The highest BCUT2D eigenvalue weighted by atomic mass is 16.5. The maximum absolute atomic E-state index is 12.4. The molecule has 1 heterocycles. The van der Waals surface area contributed by atoms with Crippen molar-refractivity contribution in [2.24, 2.45) is 11.8 Å². The number of hydrogen-bond acceptors (Lipinski definition) is 3. The lowest BCUT2D eigenvalue weighted by molar-refractivity contribution is -0.150. The summed E-state index contributed by atoms with van der Waals surface area (Å²) in [5.41, 5.74) is 0. The molecule has 5 nitrogen and oxygen atoms in total. The third kappa shape index (κ3) is 4.47. The summed E-state index contributed by atoms with van der Waals surface area (Å²) in [5, 5.41) is 2.80. The van der Waals surface area contributed by atoms with Crippen LogP contribution in [0.4, 0.5) is 0 Å². The molecule has 0 aliphatic carbocycles. The Morgan fingerprint density at radius 2 is 1.90 bits per heavy atom. The summed E-state index contributed by atoms with van der Waals surface area (Å²) in [4.78, 5) is 26.0. The summed E-state index contributed by atoms with van der Waals surface area (Å²) in [7, 11) is 0. The zero-order valence-electron chi connectivity index (χ0n) is 13.3. The minimum Gasteiger partial charge on any atom is -0.381 e. The minimum absolute atomic E-state index is 0.0240. The Labute approximate surface area is 122 Å². The molecule has 0 saturated carbocycles. The maximum Gasteiger partial charge on any atom is 0.246 e. The largest absolute Gasteiger partial charge is 0.381 e. The number of ether oxygens (including phenoxy) is 1. The van der Waals surface area contributed by atoms with Crippen LogP contribution in [0.1, 0.15) is 41.0 Å². The molecule has 5 heteroatoms. The number of amides is 2. The van der Waals surface area contributed by atoms with E-state index in [1.54, 1.807) is 11.8 Å². The first-order chi connectivity index (χ1) is 9.34. The zero-order chi connectivity index (χ0) is 15.3. The van der Waals surface area contributed by atoms with Gasteiger partial charge in [-0.3, -0.25) is 9.59 Å². The van der Waals surface area contributed by atoms with Gasteiger partial charge in [-0.15, -0.1) is 0 Å². The Balaban J connectivity index is 2.48. The fourth-order valence-electron chi connectivity index (χ4n) is 2.26. The molecule has 1 aliphatic heterocycles. The lowest BCUT2D eigenvalue weighted by Gasteiger charge is -2.38. The first-order valence-electron chi connectivity index (χ1n) is 7.53. The van der Waals surface area contributed by atoms with Gasteiger partial charge < -0.3 is 15.0 Å². The summed E-state index contributed by atoms with van der Waals surface area (Å²) >= 11 is 0. The smallest absolute Gasteiger partial charge is 0.246 e. The van der Waals surface area contributed by atoms with E-state index >= 15 is 0 Å². The van der Waals surface area contributed by atoms with Crippen molar-refractivity contribution in [2.45, 2.75) is 53.1 Å². The monoisotopic (exact) mass is 284 g/mol. The van der Waals surface area contributed by atoms with Gasteiger partial charge in [0.25, 0.3) is 0 Å². The first kappa shape index (κ1) is 17.0. The Bertz CT molecular complexity index is 342. The molecule has 0 aromatic rings. The summed E-state index contributed by atoms with van der Waals surface area (Å²) in [6.07, 6.45) is 0.765. The molecule has 2 amide bonds. The zero-order valence-corrected chi connectivity index (χ0v) is 13.3. The van der Waals surface area contributed by atoms with Crippen LogP contribution >= 0.6 is 0 Å². The van der Waals surface area contributed by atoms with Crippen molar-refractivity contribution in [1.82, 2.24) is 10.2 Å². The predicted octanol–water partition coefficient (Wildman–Crippen LogP) is 1.42. The van der Waals surface area contributed by atoms with E-state index in [2.05, 4.69) is 19.2 Å². The predicted molar refractivity (Wildman–Crippen MR) is 78.2 cm³/mol. The molecule has 0 radical (unpaired) electrons. The molecule has 2 unspecified atom stereocenters. The molecular formula is C15H28N2O3. The van der Waals surface area contributed by atoms with Gasteiger partial charge in [-0.25, -0.2) is 0 Å². The molecule has 1 rings (SSSR count). The molecule has 0 spiro atoms. The topological polar surface area (TPSA) is 58.6 Å². The van der Waals surface area contributed by atoms with Crippen LogP contribution in [0.5, 0.6) is 0 Å². The molecule has 1 aliphatic rings. The second-order valence-corrected chi connectivity index (χ2v) is 6.26. The minimum atomic E-state index is -0.393. The van der Waals surface area contributed by atoms with Crippen LogP contribution in [-0.4, -0.2) is 48.6 Å². The van der Waals surface area contributed by atoms with Crippen LogP contribution in [0, 0.1) is 11.8 Å². The summed E-state index contributed by atoms with van der Waals surface area (Å²) < 4.78 is 5.52. The fourth-order valence-corrected chi connectivity index (χ4v) is 2.26. The highest BCUT2D eigenvalue weighted by molar-refractivity contribution is 5.96. The quantitative estimate of drug-likeness (QED) is 0.719. The van der Waals surface area contributed by atoms with E-state index in [0.29, 0.717) is 19.1 Å². The molecule has 116 valence electrons. The number of nitrogens with zero attached hydrogens (tertiary/aromatic N) is 1. The Hall–Kier alpha value is -1.10. The fraction of sp³-hybridized carbons (Fsp3) is 0.867. The van der Waals surface area contributed by atoms with E-state index < -0.39 is 6.04 Å². The van der Waals surface area contributed by atoms with E-state index in [4.69, 9.17) is 4.74 Å². The lowest BCUT2D eigenvalue weighted by Crippen LogP contribution is -2.64. The molecule has 1 N–H and O–H groups in total. The lowest BCUT2D eigenvalue weighted by atomic mass is 9.98. The molecule has 0 aromatic heterocycles. The van der Waals surface area contributed by atoms with Gasteiger partial charge in [-0.05, 0) is 25.2 Å². The number of carbonyl (C=O) groups is 2. The Morgan fingerprint density at radius 1 is 1.25 bits per heavy atom. The van der Waals surface area contributed by atoms with Gasteiger partial charge in [-0.2, -0.15) is 0 Å². The van der Waals surface area contributed by atoms with Crippen LogP contribution in [0.25, 0.3) is 0 Å². The Kier molecular flexibility index (Phi) is 6.46. The standard InChI is InChI=1S/C15H28N2O3/c1-10(2)9-20-8-6-7-17-12(5)14(18)16-13(11(3)4)15(17)19/h10-13H,6-9H2,1-5H3,(H,16,18). The van der Waals surface area contributed by atoms with Gasteiger partial charge >= 0.3 is 0 Å². The third-order valence-corrected chi connectivity index (χ3v) is 3.50. The maximum atomic E-state index is 12.4. The average Bonchev–Trinajstić information content (AvgIpc) is 2.36. The first-order valence-corrected chi connectivity index (χ1v) is 7.53. The van der Waals surface area contributed by atoms with Crippen molar-refractivity contribution in [1.29, 1.82) is 0 Å². The molecule has 2 atom stereocenters. The van der Waals surface area contributed by atoms with Crippen molar-refractivity contribution in [3.63, 3.8) is 0 Å².